The fourth-order valence-electron chi connectivity index (χ4n) is 1.51. The number of thioether (sulfide) groups is 1. The molecule has 2 atom stereocenters. The summed E-state index contributed by atoms with van der Waals surface area (Å²) < 4.78 is 27.4. The lowest BCUT2D eigenvalue weighted by Gasteiger charge is -2.16. The van der Waals surface area contributed by atoms with Crippen LogP contribution in [0.4, 0.5) is 4.79 Å². The Bertz CT molecular complexity index is 328. The maximum Gasteiger partial charge on any atom is 0.407 e. The van der Waals surface area contributed by atoms with Crippen LogP contribution in [0, 0.1) is 0 Å². The van der Waals surface area contributed by atoms with Gasteiger partial charge >= 0.3 is 6.09 Å². The Balaban J connectivity index is 2.58. The summed E-state index contributed by atoms with van der Waals surface area (Å²) in [5.41, 5.74) is 0. The van der Waals surface area contributed by atoms with Crippen LogP contribution in [0.3, 0.4) is 0 Å². The van der Waals surface area contributed by atoms with Crippen molar-refractivity contribution in [1.82, 2.24) is 5.32 Å². The Morgan fingerprint density at radius 3 is 2.73 bits per heavy atom. The lowest BCUT2D eigenvalue weighted by atomic mass is 10.2. The molecule has 0 aromatic rings. The predicted molar refractivity (Wildman–Crippen MR) is 59.9 cm³/mol. The van der Waals surface area contributed by atoms with Crippen LogP contribution in [0.2, 0.25) is 0 Å². The minimum Gasteiger partial charge on any atom is -0.450 e. The zero-order valence-corrected chi connectivity index (χ0v) is 10.4. The normalized spacial score (nSPS) is 28.7. The van der Waals surface area contributed by atoms with E-state index in [2.05, 4.69) is 5.32 Å². The topological polar surface area (TPSA) is 72.5 Å². The van der Waals surface area contributed by atoms with Crippen molar-refractivity contribution < 1.29 is 17.9 Å². The van der Waals surface area contributed by atoms with Gasteiger partial charge < -0.3 is 10.1 Å². The van der Waals surface area contributed by atoms with E-state index < -0.39 is 15.9 Å². The molecule has 1 aliphatic rings. The van der Waals surface area contributed by atoms with Gasteiger partial charge in [-0.3, -0.25) is 0 Å². The summed E-state index contributed by atoms with van der Waals surface area (Å²) in [5, 5.41) is 2.51. The van der Waals surface area contributed by atoms with Gasteiger partial charge in [0, 0.05) is 5.25 Å². The SMILES string of the molecule is CCOC(=O)N[C@H]1CS(=O)(=O)C[C@@H]1SC. The Labute approximate surface area is 93.9 Å². The van der Waals surface area contributed by atoms with Gasteiger partial charge in [0.25, 0.3) is 0 Å². The molecule has 0 aromatic heterocycles. The summed E-state index contributed by atoms with van der Waals surface area (Å²) in [6, 6.07) is -0.330. The van der Waals surface area contributed by atoms with Crippen LogP contribution in [0.25, 0.3) is 0 Å². The lowest BCUT2D eigenvalue weighted by Crippen LogP contribution is -2.41. The molecular weight excluding hydrogens is 238 g/mol. The third-order valence-electron chi connectivity index (χ3n) is 2.18. The third kappa shape index (κ3) is 3.57. The van der Waals surface area contributed by atoms with Crippen LogP contribution in [-0.4, -0.2) is 50.2 Å². The second-order valence-corrected chi connectivity index (χ2v) is 6.55. The third-order valence-corrected chi connectivity index (χ3v) is 5.23. The number of ether oxygens (including phenoxy) is 1. The Kier molecular flexibility index (Phi) is 4.27. The smallest absolute Gasteiger partial charge is 0.407 e. The highest BCUT2D eigenvalue weighted by Crippen LogP contribution is 2.22. The van der Waals surface area contributed by atoms with Crippen molar-refractivity contribution in [3.05, 3.63) is 0 Å². The average molecular weight is 253 g/mol. The van der Waals surface area contributed by atoms with Crippen molar-refractivity contribution >= 4 is 27.7 Å². The zero-order valence-electron chi connectivity index (χ0n) is 8.73. The van der Waals surface area contributed by atoms with Gasteiger partial charge in [-0.05, 0) is 13.2 Å². The molecule has 0 aromatic carbocycles. The molecule has 88 valence electrons. The number of hydrogen-bond donors (Lipinski definition) is 1. The highest BCUT2D eigenvalue weighted by Gasteiger charge is 2.38. The molecule has 0 radical (unpaired) electrons. The monoisotopic (exact) mass is 253 g/mol. The summed E-state index contributed by atoms with van der Waals surface area (Å²) in [5.74, 6) is 0.141. The minimum atomic E-state index is -3.01. The molecule has 1 aliphatic heterocycles. The number of rotatable bonds is 3. The molecular formula is C8H15NO4S2. The van der Waals surface area contributed by atoms with E-state index in [0.29, 0.717) is 0 Å². The van der Waals surface area contributed by atoms with Crippen LogP contribution >= 0.6 is 11.8 Å². The van der Waals surface area contributed by atoms with E-state index in [1.54, 1.807) is 6.92 Å². The quantitative estimate of drug-likeness (QED) is 0.781. The van der Waals surface area contributed by atoms with Gasteiger partial charge in [0.2, 0.25) is 0 Å². The van der Waals surface area contributed by atoms with Crippen LogP contribution in [0.5, 0.6) is 0 Å². The van der Waals surface area contributed by atoms with E-state index in [9.17, 15) is 13.2 Å². The maximum absolute atomic E-state index is 11.3. The summed E-state index contributed by atoms with van der Waals surface area (Å²) in [6.07, 6.45) is 1.30. The van der Waals surface area contributed by atoms with Crippen molar-refractivity contribution in [2.75, 3.05) is 24.4 Å². The number of carbonyl (C=O) groups is 1. The van der Waals surface area contributed by atoms with Gasteiger partial charge in [0.05, 0.1) is 24.2 Å². The van der Waals surface area contributed by atoms with Gasteiger partial charge in [-0.2, -0.15) is 11.8 Å². The van der Waals surface area contributed by atoms with Crippen molar-refractivity contribution in [3.63, 3.8) is 0 Å². The van der Waals surface area contributed by atoms with Gasteiger partial charge in [0.15, 0.2) is 9.84 Å². The molecule has 0 unspecified atom stereocenters. The largest absolute Gasteiger partial charge is 0.450 e. The van der Waals surface area contributed by atoms with Crippen molar-refractivity contribution in [1.29, 1.82) is 0 Å². The summed E-state index contributed by atoms with van der Waals surface area (Å²) >= 11 is 1.45. The number of sulfone groups is 1. The molecule has 1 rings (SSSR count). The number of hydrogen-bond acceptors (Lipinski definition) is 5. The molecule has 1 heterocycles. The van der Waals surface area contributed by atoms with Crippen molar-refractivity contribution in [2.24, 2.45) is 0 Å². The first-order valence-electron chi connectivity index (χ1n) is 4.65. The van der Waals surface area contributed by atoms with Crippen LogP contribution in [0.15, 0.2) is 0 Å². The van der Waals surface area contributed by atoms with Crippen LogP contribution < -0.4 is 5.32 Å². The van der Waals surface area contributed by atoms with Gasteiger partial charge in [-0.1, -0.05) is 0 Å². The number of carbonyl (C=O) groups excluding carboxylic acids is 1. The molecule has 15 heavy (non-hydrogen) atoms. The van der Waals surface area contributed by atoms with Crippen LogP contribution in [0.1, 0.15) is 6.92 Å². The van der Waals surface area contributed by atoms with E-state index in [1.807, 2.05) is 6.26 Å². The summed E-state index contributed by atoms with van der Waals surface area (Å²) in [7, 11) is -3.01. The standard InChI is InChI=1S/C8H15NO4S2/c1-3-13-8(10)9-6-4-15(11,12)5-7(6)14-2/h6-7H,3-5H2,1-2H3,(H,9,10)/t6-,7-/m0/s1. The number of nitrogens with one attached hydrogen (secondary N) is 1. The number of amides is 1. The van der Waals surface area contributed by atoms with Crippen LogP contribution in [-0.2, 0) is 14.6 Å². The highest BCUT2D eigenvalue weighted by atomic mass is 32.2. The maximum atomic E-state index is 11.3. The fraction of sp³-hybridized carbons (Fsp3) is 0.875. The molecule has 0 spiro atoms. The first kappa shape index (κ1) is 12.6. The van der Waals surface area contributed by atoms with Gasteiger partial charge in [-0.15, -0.1) is 0 Å². The highest BCUT2D eigenvalue weighted by molar-refractivity contribution is 8.01. The summed E-state index contributed by atoms with van der Waals surface area (Å²) in [4.78, 5) is 11.1. The molecule has 0 saturated carbocycles. The average Bonchev–Trinajstić information content (AvgIpc) is 2.40. The first-order valence-corrected chi connectivity index (χ1v) is 7.76. The molecule has 1 amide bonds. The second-order valence-electron chi connectivity index (χ2n) is 3.32. The Morgan fingerprint density at radius 1 is 1.53 bits per heavy atom. The molecule has 7 heteroatoms. The zero-order chi connectivity index (χ0) is 11.5. The summed E-state index contributed by atoms with van der Waals surface area (Å²) in [6.45, 7) is 1.99. The number of alkyl carbamates (subject to hydrolysis) is 1. The van der Waals surface area contributed by atoms with Crippen molar-refractivity contribution in [2.45, 2.75) is 18.2 Å². The molecule has 0 aliphatic carbocycles. The Hall–Kier alpha value is -0.430. The van der Waals surface area contributed by atoms with E-state index in [-0.39, 0.29) is 29.4 Å². The molecule has 1 fully saturated rings. The molecule has 1 N–H and O–H groups in total. The van der Waals surface area contributed by atoms with Crippen molar-refractivity contribution in [3.8, 4) is 0 Å². The van der Waals surface area contributed by atoms with E-state index >= 15 is 0 Å². The first-order chi connectivity index (χ1) is 6.98. The van der Waals surface area contributed by atoms with E-state index in [1.165, 1.54) is 11.8 Å². The van der Waals surface area contributed by atoms with Gasteiger partial charge in [0.1, 0.15) is 0 Å². The van der Waals surface area contributed by atoms with E-state index in [0.717, 1.165) is 0 Å². The lowest BCUT2D eigenvalue weighted by molar-refractivity contribution is 0.149. The fourth-order valence-corrected chi connectivity index (χ4v) is 5.02. The molecule has 0 bridgehead atoms. The minimum absolute atomic E-state index is 0.0112. The van der Waals surface area contributed by atoms with E-state index in [4.69, 9.17) is 4.74 Å². The van der Waals surface area contributed by atoms with Gasteiger partial charge in [-0.25, -0.2) is 13.2 Å². The molecule has 5 nitrogen and oxygen atoms in total. The second kappa shape index (κ2) is 5.07. The Morgan fingerprint density at radius 2 is 2.20 bits per heavy atom. The molecule has 1 saturated heterocycles. The predicted octanol–water partition coefficient (Wildman–Crippen LogP) is 0.261.